The summed E-state index contributed by atoms with van der Waals surface area (Å²) in [5.41, 5.74) is 7.29. The number of rotatable bonds is 3. The fraction of sp³-hybridized carbons (Fsp3) is 0.167. The van der Waals surface area contributed by atoms with Gasteiger partial charge in [0.2, 0.25) is 5.91 Å². The van der Waals surface area contributed by atoms with Crippen LogP contribution in [0.5, 0.6) is 0 Å². The van der Waals surface area contributed by atoms with Gasteiger partial charge in [0.1, 0.15) is 6.17 Å². The molecule has 1 heterocycles. The van der Waals surface area contributed by atoms with Gasteiger partial charge in [0, 0.05) is 25.0 Å². The van der Waals surface area contributed by atoms with Crippen molar-refractivity contribution in [1.29, 1.82) is 0 Å². The molecule has 0 fully saturated rings. The molecule has 0 saturated heterocycles. The van der Waals surface area contributed by atoms with Gasteiger partial charge in [0.15, 0.2) is 0 Å². The number of carbonyl (C=O) groups is 1. The fourth-order valence-electron chi connectivity index (χ4n) is 1.62. The molecule has 88 valence electrons. The molecule has 0 saturated carbocycles. The van der Waals surface area contributed by atoms with E-state index in [0.717, 1.165) is 5.56 Å². The van der Waals surface area contributed by atoms with Crippen LogP contribution < -0.4 is 11.1 Å². The Morgan fingerprint density at radius 1 is 1.41 bits per heavy atom. The van der Waals surface area contributed by atoms with Gasteiger partial charge in [-0.25, -0.2) is 4.98 Å². The highest BCUT2D eigenvalue weighted by Gasteiger charge is 2.13. The lowest BCUT2D eigenvalue weighted by Crippen LogP contribution is -2.30. The third-order valence-corrected chi connectivity index (χ3v) is 2.42. The Kier molecular flexibility index (Phi) is 3.09. The maximum atomic E-state index is 11.2. The van der Waals surface area contributed by atoms with E-state index in [-0.39, 0.29) is 12.1 Å². The maximum Gasteiger partial charge on any atom is 0.218 e. The highest BCUT2D eigenvalue weighted by atomic mass is 16.1. The number of hydrogen-bond acceptors (Lipinski definition) is 3. The average molecular weight is 230 g/mol. The molecule has 1 unspecified atom stereocenters. The van der Waals surface area contributed by atoms with Crippen LogP contribution in [0, 0.1) is 0 Å². The van der Waals surface area contributed by atoms with Gasteiger partial charge in [0.25, 0.3) is 0 Å². The maximum absolute atomic E-state index is 11.2. The molecule has 0 spiro atoms. The molecule has 1 aromatic carbocycles. The van der Waals surface area contributed by atoms with Crippen molar-refractivity contribution in [3.63, 3.8) is 0 Å². The second-order valence-electron chi connectivity index (χ2n) is 3.78. The third kappa shape index (κ3) is 2.63. The molecule has 3 N–H and O–H groups in total. The zero-order valence-electron chi connectivity index (χ0n) is 9.50. The van der Waals surface area contributed by atoms with Crippen LogP contribution in [0.4, 0.5) is 5.69 Å². The van der Waals surface area contributed by atoms with Crippen LogP contribution >= 0.6 is 0 Å². The topological polar surface area (TPSA) is 72.9 Å². The number of amides is 1. The van der Waals surface area contributed by atoms with Crippen molar-refractivity contribution in [1.82, 2.24) is 14.9 Å². The van der Waals surface area contributed by atoms with Crippen LogP contribution in [0.15, 0.2) is 43.0 Å². The number of nitrogens with two attached hydrogens (primary N) is 1. The summed E-state index contributed by atoms with van der Waals surface area (Å²) in [4.78, 5) is 15.2. The molecule has 2 aromatic rings. The molecule has 17 heavy (non-hydrogen) atoms. The minimum absolute atomic E-state index is 0.0967. The van der Waals surface area contributed by atoms with Crippen LogP contribution in [0.2, 0.25) is 0 Å². The number of aromatic nitrogens is 2. The predicted octanol–water partition coefficient (Wildman–Crippen LogP) is 1.15. The van der Waals surface area contributed by atoms with E-state index in [2.05, 4.69) is 10.3 Å². The summed E-state index contributed by atoms with van der Waals surface area (Å²) in [5, 5.41) is 2.86. The molecular weight excluding hydrogens is 216 g/mol. The first kappa shape index (κ1) is 11.2. The molecule has 0 aliphatic heterocycles. The lowest BCUT2D eigenvalue weighted by atomic mass is 10.1. The van der Waals surface area contributed by atoms with Gasteiger partial charge in [-0.3, -0.25) is 4.79 Å². The SMILES string of the molecule is CC(=O)NC(c1ccc(N)cc1)n1ccnc1. The Labute approximate surface area is 99.3 Å². The summed E-state index contributed by atoms with van der Waals surface area (Å²) >= 11 is 0. The highest BCUT2D eigenvalue weighted by molar-refractivity contribution is 5.73. The van der Waals surface area contributed by atoms with E-state index in [0.29, 0.717) is 5.69 Å². The molecule has 5 heteroatoms. The Morgan fingerprint density at radius 3 is 2.65 bits per heavy atom. The Balaban J connectivity index is 2.33. The Morgan fingerprint density at radius 2 is 2.12 bits per heavy atom. The summed E-state index contributed by atoms with van der Waals surface area (Å²) in [5.74, 6) is -0.0967. The van der Waals surface area contributed by atoms with Crippen LogP contribution in [-0.4, -0.2) is 15.5 Å². The van der Waals surface area contributed by atoms with Crippen LogP contribution in [-0.2, 0) is 4.79 Å². The standard InChI is InChI=1S/C12H14N4O/c1-9(17)15-12(16-7-6-14-8-16)10-2-4-11(13)5-3-10/h2-8,12H,13H2,1H3,(H,15,17). The molecule has 1 aromatic heterocycles. The zero-order chi connectivity index (χ0) is 12.3. The van der Waals surface area contributed by atoms with Gasteiger partial charge in [-0.05, 0) is 17.7 Å². The second kappa shape index (κ2) is 4.69. The van der Waals surface area contributed by atoms with Gasteiger partial charge >= 0.3 is 0 Å². The first-order chi connectivity index (χ1) is 8.16. The second-order valence-corrected chi connectivity index (χ2v) is 3.78. The van der Waals surface area contributed by atoms with Crippen molar-refractivity contribution >= 4 is 11.6 Å². The van der Waals surface area contributed by atoms with Crippen molar-refractivity contribution in [2.45, 2.75) is 13.1 Å². The molecule has 0 radical (unpaired) electrons. The molecule has 0 bridgehead atoms. The van der Waals surface area contributed by atoms with Crippen molar-refractivity contribution in [2.24, 2.45) is 0 Å². The zero-order valence-corrected chi connectivity index (χ0v) is 9.50. The van der Waals surface area contributed by atoms with Crippen molar-refractivity contribution in [3.8, 4) is 0 Å². The van der Waals surface area contributed by atoms with Gasteiger partial charge < -0.3 is 15.6 Å². The number of nitrogen functional groups attached to an aromatic ring is 1. The fourth-order valence-corrected chi connectivity index (χ4v) is 1.62. The van der Waals surface area contributed by atoms with Crippen molar-refractivity contribution < 1.29 is 4.79 Å². The van der Waals surface area contributed by atoms with Crippen molar-refractivity contribution in [3.05, 3.63) is 48.5 Å². The van der Waals surface area contributed by atoms with Crippen LogP contribution in [0.3, 0.4) is 0 Å². The lowest BCUT2D eigenvalue weighted by molar-refractivity contribution is -0.119. The number of imidazole rings is 1. The molecule has 2 rings (SSSR count). The van der Waals surface area contributed by atoms with Gasteiger partial charge in [-0.15, -0.1) is 0 Å². The monoisotopic (exact) mass is 230 g/mol. The average Bonchev–Trinajstić information content (AvgIpc) is 2.80. The van der Waals surface area contributed by atoms with E-state index in [9.17, 15) is 4.79 Å². The molecule has 1 atom stereocenters. The quantitative estimate of drug-likeness (QED) is 0.777. The van der Waals surface area contributed by atoms with Gasteiger partial charge in [-0.1, -0.05) is 12.1 Å². The van der Waals surface area contributed by atoms with E-state index in [1.54, 1.807) is 30.9 Å². The Bertz CT molecular complexity index is 490. The minimum Gasteiger partial charge on any atom is -0.399 e. The normalized spacial score (nSPS) is 12.1. The van der Waals surface area contributed by atoms with E-state index < -0.39 is 0 Å². The molecule has 1 amide bonds. The van der Waals surface area contributed by atoms with E-state index in [4.69, 9.17) is 5.73 Å². The summed E-state index contributed by atoms with van der Waals surface area (Å²) < 4.78 is 1.83. The molecule has 0 aliphatic rings. The highest BCUT2D eigenvalue weighted by Crippen LogP contribution is 2.16. The number of anilines is 1. The number of benzene rings is 1. The van der Waals surface area contributed by atoms with Gasteiger partial charge in [0.05, 0.1) is 6.33 Å². The van der Waals surface area contributed by atoms with Gasteiger partial charge in [-0.2, -0.15) is 0 Å². The summed E-state index contributed by atoms with van der Waals surface area (Å²) in [7, 11) is 0. The number of nitrogens with one attached hydrogen (secondary N) is 1. The number of hydrogen-bond donors (Lipinski definition) is 2. The lowest BCUT2D eigenvalue weighted by Gasteiger charge is -2.19. The van der Waals surface area contributed by atoms with Crippen LogP contribution in [0.25, 0.3) is 0 Å². The number of nitrogens with zero attached hydrogens (tertiary/aromatic N) is 2. The van der Waals surface area contributed by atoms with E-state index in [1.807, 2.05) is 16.7 Å². The van der Waals surface area contributed by atoms with E-state index in [1.165, 1.54) is 6.92 Å². The largest absolute Gasteiger partial charge is 0.399 e. The van der Waals surface area contributed by atoms with Crippen molar-refractivity contribution in [2.75, 3.05) is 5.73 Å². The summed E-state index contributed by atoms with van der Waals surface area (Å²) in [6.07, 6.45) is 4.88. The minimum atomic E-state index is -0.254. The molecular formula is C12H14N4O. The van der Waals surface area contributed by atoms with E-state index >= 15 is 0 Å². The summed E-state index contributed by atoms with van der Waals surface area (Å²) in [6.45, 7) is 1.49. The Hall–Kier alpha value is -2.30. The summed E-state index contributed by atoms with van der Waals surface area (Å²) in [6, 6.07) is 7.38. The first-order valence-electron chi connectivity index (χ1n) is 5.27. The molecule has 5 nitrogen and oxygen atoms in total. The smallest absolute Gasteiger partial charge is 0.218 e. The third-order valence-electron chi connectivity index (χ3n) is 2.42. The predicted molar refractivity (Wildman–Crippen MR) is 65.0 cm³/mol. The molecule has 0 aliphatic carbocycles. The first-order valence-corrected chi connectivity index (χ1v) is 5.27. The van der Waals surface area contributed by atoms with Crippen LogP contribution in [0.1, 0.15) is 18.7 Å². The number of carbonyl (C=O) groups excluding carboxylic acids is 1.